The summed E-state index contributed by atoms with van der Waals surface area (Å²) in [7, 11) is 0. The Morgan fingerprint density at radius 1 is 1.38 bits per heavy atom. The van der Waals surface area contributed by atoms with E-state index in [9.17, 15) is 9.90 Å². The molecule has 4 heteroatoms. The van der Waals surface area contributed by atoms with E-state index in [4.69, 9.17) is 0 Å². The van der Waals surface area contributed by atoms with Gasteiger partial charge in [-0.15, -0.1) is 0 Å². The lowest BCUT2D eigenvalue weighted by atomic mass is 9.86. The topological polar surface area (TPSA) is 54.3 Å². The summed E-state index contributed by atoms with van der Waals surface area (Å²) in [6.45, 7) is 9.14. The van der Waals surface area contributed by atoms with Crippen LogP contribution in [0, 0.1) is 0 Å². The first-order chi connectivity index (χ1) is 9.88. The van der Waals surface area contributed by atoms with Gasteiger partial charge in [-0.05, 0) is 28.7 Å². The number of hydrogen-bond acceptors (Lipinski definition) is 2. The fourth-order valence-corrected chi connectivity index (χ4v) is 3.15. The van der Waals surface area contributed by atoms with Crippen LogP contribution in [-0.2, 0) is 29.7 Å². The summed E-state index contributed by atoms with van der Waals surface area (Å²) in [6, 6.07) is 6.50. The van der Waals surface area contributed by atoms with Crippen LogP contribution < -0.4 is 5.32 Å². The zero-order valence-corrected chi connectivity index (χ0v) is 12.9. The van der Waals surface area contributed by atoms with Gasteiger partial charge in [-0.3, -0.25) is 4.79 Å². The molecule has 4 nitrogen and oxygen atoms in total. The highest BCUT2D eigenvalue weighted by Crippen LogP contribution is 2.32. The molecule has 21 heavy (non-hydrogen) atoms. The molecule has 0 atom stereocenters. The van der Waals surface area contributed by atoms with E-state index in [0.29, 0.717) is 0 Å². The molecule has 1 aliphatic heterocycles. The second-order valence-corrected chi connectivity index (χ2v) is 6.81. The van der Waals surface area contributed by atoms with Crippen LogP contribution in [0.15, 0.2) is 18.2 Å². The molecule has 0 amide bonds. The van der Waals surface area contributed by atoms with Crippen molar-refractivity contribution in [1.82, 2.24) is 9.88 Å². The van der Waals surface area contributed by atoms with Gasteiger partial charge < -0.3 is 15.0 Å². The second kappa shape index (κ2) is 4.88. The molecule has 2 heterocycles. The number of aromatic nitrogens is 1. The van der Waals surface area contributed by atoms with Crippen LogP contribution >= 0.6 is 0 Å². The predicted octanol–water partition coefficient (Wildman–Crippen LogP) is 2.67. The highest BCUT2D eigenvalue weighted by molar-refractivity contribution is 5.90. The minimum absolute atomic E-state index is 0.0649. The number of carboxylic acid groups (broad SMARTS) is 1. The molecule has 3 rings (SSSR count). The third-order valence-electron chi connectivity index (χ3n) is 4.29. The third-order valence-corrected chi connectivity index (χ3v) is 4.29. The van der Waals surface area contributed by atoms with Crippen molar-refractivity contribution in [1.29, 1.82) is 0 Å². The van der Waals surface area contributed by atoms with Crippen molar-refractivity contribution in [2.45, 2.75) is 45.7 Å². The van der Waals surface area contributed by atoms with Gasteiger partial charge in [-0.1, -0.05) is 26.8 Å². The molecule has 2 N–H and O–H groups in total. The Bertz CT molecular complexity index is 708. The molecule has 1 aromatic heterocycles. The number of rotatable bonds is 2. The number of hydrogen-bond donors (Lipinski definition) is 2. The highest BCUT2D eigenvalue weighted by Gasteiger charge is 2.23. The Morgan fingerprint density at radius 2 is 2.14 bits per heavy atom. The molecule has 0 saturated carbocycles. The summed E-state index contributed by atoms with van der Waals surface area (Å²) >= 11 is 0. The standard InChI is InChI=1S/C17H22N2O2/c1-17(2,3)11-4-5-14-12(8-11)13(9-16(20)21)15-10-18-6-7-19(14)15/h4-5,8,18H,6-7,9-10H2,1-3H3,(H,20,21). The Morgan fingerprint density at radius 3 is 2.81 bits per heavy atom. The van der Waals surface area contributed by atoms with E-state index in [0.717, 1.165) is 41.8 Å². The number of fused-ring (bicyclic) bond motifs is 3. The fraction of sp³-hybridized carbons (Fsp3) is 0.471. The van der Waals surface area contributed by atoms with Gasteiger partial charge in [0, 0.05) is 36.2 Å². The first kappa shape index (κ1) is 14.1. The maximum Gasteiger partial charge on any atom is 0.307 e. The Balaban J connectivity index is 2.26. The van der Waals surface area contributed by atoms with Gasteiger partial charge in [0.2, 0.25) is 0 Å². The molecular weight excluding hydrogens is 264 g/mol. The minimum atomic E-state index is -0.767. The van der Waals surface area contributed by atoms with Crippen LogP contribution in [0.2, 0.25) is 0 Å². The van der Waals surface area contributed by atoms with Gasteiger partial charge in [0.25, 0.3) is 0 Å². The number of carbonyl (C=O) groups is 1. The zero-order chi connectivity index (χ0) is 15.2. The average Bonchev–Trinajstić information content (AvgIpc) is 2.72. The number of benzene rings is 1. The SMILES string of the molecule is CC(C)(C)c1ccc2c(c1)c(CC(=O)O)c1n2CCNC1. The quantitative estimate of drug-likeness (QED) is 0.892. The van der Waals surface area contributed by atoms with Crippen molar-refractivity contribution >= 4 is 16.9 Å². The third kappa shape index (κ3) is 2.44. The van der Waals surface area contributed by atoms with Crippen LogP contribution in [-0.4, -0.2) is 22.2 Å². The zero-order valence-electron chi connectivity index (χ0n) is 12.9. The molecule has 112 valence electrons. The van der Waals surface area contributed by atoms with Crippen LogP contribution in [0.5, 0.6) is 0 Å². The number of nitrogens with zero attached hydrogens (tertiary/aromatic N) is 1. The van der Waals surface area contributed by atoms with E-state index >= 15 is 0 Å². The molecule has 0 unspecified atom stereocenters. The highest BCUT2D eigenvalue weighted by atomic mass is 16.4. The lowest BCUT2D eigenvalue weighted by Crippen LogP contribution is -2.28. The van der Waals surface area contributed by atoms with Crippen molar-refractivity contribution in [3.63, 3.8) is 0 Å². The molecule has 0 fully saturated rings. The molecule has 0 bridgehead atoms. The second-order valence-electron chi connectivity index (χ2n) is 6.81. The van der Waals surface area contributed by atoms with Crippen LogP contribution in [0.3, 0.4) is 0 Å². The van der Waals surface area contributed by atoms with Crippen molar-refractivity contribution < 1.29 is 9.90 Å². The van der Waals surface area contributed by atoms with E-state index < -0.39 is 5.97 Å². The predicted molar refractivity (Wildman–Crippen MR) is 83.7 cm³/mol. The molecule has 1 aliphatic rings. The monoisotopic (exact) mass is 286 g/mol. The lowest BCUT2D eigenvalue weighted by Gasteiger charge is -2.20. The van der Waals surface area contributed by atoms with E-state index in [1.54, 1.807) is 0 Å². The Hall–Kier alpha value is -1.81. The van der Waals surface area contributed by atoms with Gasteiger partial charge >= 0.3 is 5.97 Å². The van der Waals surface area contributed by atoms with Crippen LogP contribution in [0.25, 0.3) is 10.9 Å². The first-order valence-electron chi connectivity index (χ1n) is 7.45. The molecule has 1 aromatic carbocycles. The van der Waals surface area contributed by atoms with Gasteiger partial charge in [-0.25, -0.2) is 0 Å². The van der Waals surface area contributed by atoms with Crippen LogP contribution in [0.4, 0.5) is 0 Å². The maximum absolute atomic E-state index is 11.2. The summed E-state index contributed by atoms with van der Waals surface area (Å²) in [5.74, 6) is -0.767. The summed E-state index contributed by atoms with van der Waals surface area (Å²) in [5.41, 5.74) is 4.57. The van der Waals surface area contributed by atoms with Crippen LogP contribution in [0.1, 0.15) is 37.6 Å². The van der Waals surface area contributed by atoms with E-state index in [2.05, 4.69) is 48.9 Å². The largest absolute Gasteiger partial charge is 0.481 e. The molecule has 0 radical (unpaired) electrons. The molecule has 0 spiro atoms. The molecule has 2 aromatic rings. The van der Waals surface area contributed by atoms with Gasteiger partial charge in [0.05, 0.1) is 6.42 Å². The Kier molecular flexibility index (Phi) is 3.29. The van der Waals surface area contributed by atoms with E-state index in [-0.39, 0.29) is 11.8 Å². The summed E-state index contributed by atoms with van der Waals surface area (Å²) in [4.78, 5) is 11.2. The number of aliphatic carboxylic acids is 1. The van der Waals surface area contributed by atoms with Gasteiger partial charge in [0.15, 0.2) is 0 Å². The summed E-state index contributed by atoms with van der Waals surface area (Å²) < 4.78 is 2.27. The smallest absolute Gasteiger partial charge is 0.307 e. The fourth-order valence-electron chi connectivity index (χ4n) is 3.15. The van der Waals surface area contributed by atoms with Gasteiger partial charge in [0.1, 0.15) is 0 Å². The van der Waals surface area contributed by atoms with E-state index in [1.165, 1.54) is 5.56 Å². The minimum Gasteiger partial charge on any atom is -0.481 e. The summed E-state index contributed by atoms with van der Waals surface area (Å²) in [5, 5.41) is 13.7. The lowest BCUT2D eigenvalue weighted by molar-refractivity contribution is -0.136. The number of nitrogens with one attached hydrogen (secondary N) is 1. The molecule has 0 saturated heterocycles. The molecular formula is C17H22N2O2. The average molecular weight is 286 g/mol. The molecule has 0 aliphatic carbocycles. The summed E-state index contributed by atoms with van der Waals surface area (Å²) in [6.07, 6.45) is 0.0914. The van der Waals surface area contributed by atoms with Crippen molar-refractivity contribution in [3.05, 3.63) is 35.0 Å². The Labute approximate surface area is 124 Å². The number of carboxylic acids is 1. The van der Waals surface area contributed by atoms with Crippen molar-refractivity contribution in [2.75, 3.05) is 6.54 Å². The van der Waals surface area contributed by atoms with E-state index in [1.807, 2.05) is 0 Å². The maximum atomic E-state index is 11.2. The van der Waals surface area contributed by atoms with Crippen molar-refractivity contribution in [2.24, 2.45) is 0 Å². The first-order valence-corrected chi connectivity index (χ1v) is 7.45. The van der Waals surface area contributed by atoms with Gasteiger partial charge in [-0.2, -0.15) is 0 Å². The normalized spacial score (nSPS) is 15.2. The van der Waals surface area contributed by atoms with Crippen molar-refractivity contribution in [3.8, 4) is 0 Å².